The van der Waals surface area contributed by atoms with Gasteiger partial charge in [0, 0.05) is 18.8 Å². The predicted molar refractivity (Wildman–Crippen MR) is 81.5 cm³/mol. The van der Waals surface area contributed by atoms with E-state index in [0.717, 1.165) is 0 Å². The average molecular weight is 245 g/mol. The molecule has 1 aromatic carbocycles. The molecule has 0 amide bonds. The van der Waals surface area contributed by atoms with Crippen LogP contribution in [0.25, 0.3) is 6.08 Å². The first-order chi connectivity index (χ1) is 8.77. The molecule has 0 heterocycles. The van der Waals surface area contributed by atoms with Crippen LogP contribution < -0.4 is 0 Å². The van der Waals surface area contributed by atoms with Crippen LogP contribution in [0.5, 0.6) is 0 Å². The fourth-order valence-electron chi connectivity index (χ4n) is 2.04. The van der Waals surface area contributed by atoms with Crippen LogP contribution in [0.15, 0.2) is 36.0 Å². The number of rotatable bonds is 8. The van der Waals surface area contributed by atoms with E-state index in [-0.39, 0.29) is 0 Å². The van der Waals surface area contributed by atoms with Gasteiger partial charge in [0.15, 0.2) is 0 Å². The standard InChI is InChI=1S/C17H27N/c1-4-6-13-18(14-7-5-2)16(3)15-17-11-9-8-10-12-17/h8-12,15H,4-7,13-14H2,1-3H3. The molecule has 0 N–H and O–H groups in total. The summed E-state index contributed by atoms with van der Waals surface area (Å²) in [4.78, 5) is 2.53. The molecule has 0 spiro atoms. The number of hydrogen-bond acceptors (Lipinski definition) is 1. The van der Waals surface area contributed by atoms with Crippen LogP contribution >= 0.6 is 0 Å². The van der Waals surface area contributed by atoms with Gasteiger partial charge in [-0.15, -0.1) is 0 Å². The first kappa shape index (κ1) is 14.8. The summed E-state index contributed by atoms with van der Waals surface area (Å²) < 4.78 is 0. The molecule has 1 rings (SSSR count). The van der Waals surface area contributed by atoms with E-state index < -0.39 is 0 Å². The summed E-state index contributed by atoms with van der Waals surface area (Å²) in [6, 6.07) is 10.6. The highest BCUT2D eigenvalue weighted by atomic mass is 15.1. The van der Waals surface area contributed by atoms with Gasteiger partial charge in [0.2, 0.25) is 0 Å². The second-order valence-electron chi connectivity index (χ2n) is 4.89. The minimum Gasteiger partial charge on any atom is -0.375 e. The maximum Gasteiger partial charge on any atom is 0.0174 e. The van der Waals surface area contributed by atoms with E-state index in [4.69, 9.17) is 0 Å². The lowest BCUT2D eigenvalue weighted by Gasteiger charge is -2.25. The third-order valence-electron chi connectivity index (χ3n) is 3.24. The first-order valence-electron chi connectivity index (χ1n) is 7.26. The van der Waals surface area contributed by atoms with E-state index in [9.17, 15) is 0 Å². The zero-order valence-corrected chi connectivity index (χ0v) is 12.2. The Kier molecular flexibility index (Phi) is 7.24. The second-order valence-corrected chi connectivity index (χ2v) is 4.89. The van der Waals surface area contributed by atoms with Crippen LogP contribution in [0.4, 0.5) is 0 Å². The van der Waals surface area contributed by atoms with Crippen LogP contribution in [0.2, 0.25) is 0 Å². The fraction of sp³-hybridized carbons (Fsp3) is 0.529. The minimum absolute atomic E-state index is 1.19. The van der Waals surface area contributed by atoms with E-state index in [0.29, 0.717) is 0 Å². The van der Waals surface area contributed by atoms with Crippen molar-refractivity contribution in [3.63, 3.8) is 0 Å². The molecular formula is C17H27N. The van der Waals surface area contributed by atoms with Gasteiger partial charge in [0.25, 0.3) is 0 Å². The van der Waals surface area contributed by atoms with Crippen molar-refractivity contribution in [3.8, 4) is 0 Å². The topological polar surface area (TPSA) is 3.24 Å². The van der Waals surface area contributed by atoms with E-state index in [1.54, 1.807) is 0 Å². The highest BCUT2D eigenvalue weighted by molar-refractivity contribution is 5.51. The Hall–Kier alpha value is -1.24. The van der Waals surface area contributed by atoms with Crippen molar-refractivity contribution >= 4 is 6.08 Å². The smallest absolute Gasteiger partial charge is 0.0174 e. The van der Waals surface area contributed by atoms with Gasteiger partial charge in [0.1, 0.15) is 0 Å². The Bertz CT molecular complexity index is 332. The Morgan fingerprint density at radius 2 is 1.56 bits per heavy atom. The molecular weight excluding hydrogens is 218 g/mol. The summed E-state index contributed by atoms with van der Waals surface area (Å²) in [5, 5.41) is 0. The molecule has 0 saturated carbocycles. The van der Waals surface area contributed by atoms with E-state index in [1.165, 1.54) is 50.0 Å². The van der Waals surface area contributed by atoms with Crippen LogP contribution in [0.3, 0.4) is 0 Å². The van der Waals surface area contributed by atoms with Gasteiger partial charge in [-0.25, -0.2) is 0 Å². The summed E-state index contributed by atoms with van der Waals surface area (Å²) in [6.07, 6.45) is 7.39. The van der Waals surface area contributed by atoms with Crippen LogP contribution in [0, 0.1) is 0 Å². The molecule has 0 unspecified atom stereocenters. The first-order valence-corrected chi connectivity index (χ1v) is 7.26. The van der Waals surface area contributed by atoms with Crippen molar-refractivity contribution in [2.45, 2.75) is 46.5 Å². The van der Waals surface area contributed by atoms with Crippen molar-refractivity contribution < 1.29 is 0 Å². The van der Waals surface area contributed by atoms with Crippen molar-refractivity contribution in [2.24, 2.45) is 0 Å². The summed E-state index contributed by atoms with van der Waals surface area (Å²) in [7, 11) is 0. The molecule has 18 heavy (non-hydrogen) atoms. The Morgan fingerprint density at radius 3 is 2.06 bits per heavy atom. The summed E-state index contributed by atoms with van der Waals surface area (Å²) in [5.74, 6) is 0. The zero-order chi connectivity index (χ0) is 13.2. The zero-order valence-electron chi connectivity index (χ0n) is 12.2. The molecule has 100 valence electrons. The average Bonchev–Trinajstić information content (AvgIpc) is 2.40. The fourth-order valence-corrected chi connectivity index (χ4v) is 2.04. The van der Waals surface area contributed by atoms with Crippen LogP contribution in [0.1, 0.15) is 52.0 Å². The van der Waals surface area contributed by atoms with Crippen molar-refractivity contribution in [3.05, 3.63) is 41.6 Å². The largest absolute Gasteiger partial charge is 0.375 e. The van der Waals surface area contributed by atoms with Crippen molar-refractivity contribution in [1.29, 1.82) is 0 Å². The van der Waals surface area contributed by atoms with Crippen molar-refractivity contribution in [2.75, 3.05) is 13.1 Å². The second kappa shape index (κ2) is 8.79. The summed E-state index contributed by atoms with van der Waals surface area (Å²) in [5.41, 5.74) is 2.69. The van der Waals surface area contributed by atoms with Crippen LogP contribution in [-0.4, -0.2) is 18.0 Å². The Morgan fingerprint density at radius 1 is 1.00 bits per heavy atom. The number of hydrogen-bond donors (Lipinski definition) is 0. The maximum atomic E-state index is 2.53. The van der Waals surface area contributed by atoms with Gasteiger partial charge in [-0.05, 0) is 31.4 Å². The third kappa shape index (κ3) is 5.39. The van der Waals surface area contributed by atoms with E-state index in [1.807, 2.05) is 0 Å². The van der Waals surface area contributed by atoms with Gasteiger partial charge in [0.05, 0.1) is 0 Å². The number of unbranched alkanes of at least 4 members (excludes halogenated alkanes) is 2. The number of nitrogens with zero attached hydrogens (tertiary/aromatic N) is 1. The van der Waals surface area contributed by atoms with Gasteiger partial charge >= 0.3 is 0 Å². The SMILES string of the molecule is CCCCN(CCCC)C(C)=Cc1ccccc1. The molecule has 0 atom stereocenters. The van der Waals surface area contributed by atoms with Gasteiger partial charge in [-0.2, -0.15) is 0 Å². The minimum atomic E-state index is 1.19. The molecule has 0 fully saturated rings. The molecule has 1 heteroatoms. The highest BCUT2D eigenvalue weighted by Gasteiger charge is 2.04. The summed E-state index contributed by atoms with van der Waals surface area (Å²) >= 11 is 0. The highest BCUT2D eigenvalue weighted by Crippen LogP contribution is 2.12. The van der Waals surface area contributed by atoms with Gasteiger partial charge in [-0.1, -0.05) is 57.0 Å². The van der Waals surface area contributed by atoms with E-state index in [2.05, 4.69) is 62.1 Å². The molecule has 0 radical (unpaired) electrons. The summed E-state index contributed by atoms with van der Waals surface area (Å²) in [6.45, 7) is 9.12. The Balaban J connectivity index is 2.67. The lowest BCUT2D eigenvalue weighted by Crippen LogP contribution is -2.24. The third-order valence-corrected chi connectivity index (χ3v) is 3.24. The molecule has 0 aliphatic heterocycles. The maximum absolute atomic E-state index is 2.53. The van der Waals surface area contributed by atoms with Gasteiger partial charge < -0.3 is 4.90 Å². The lowest BCUT2D eigenvalue weighted by atomic mass is 10.1. The Labute approximate surface area is 113 Å². The van der Waals surface area contributed by atoms with E-state index >= 15 is 0 Å². The number of benzene rings is 1. The van der Waals surface area contributed by atoms with Crippen molar-refractivity contribution in [1.82, 2.24) is 4.90 Å². The molecule has 0 aliphatic carbocycles. The molecule has 1 aromatic rings. The normalized spacial score (nSPS) is 11.6. The quantitative estimate of drug-likeness (QED) is 0.626. The predicted octanol–water partition coefficient (Wildman–Crippen LogP) is 4.95. The molecule has 0 saturated heterocycles. The molecule has 0 aromatic heterocycles. The number of allylic oxidation sites excluding steroid dienone is 1. The molecule has 1 nitrogen and oxygen atoms in total. The lowest BCUT2D eigenvalue weighted by molar-refractivity contribution is 0.334. The van der Waals surface area contributed by atoms with Crippen LogP contribution in [-0.2, 0) is 0 Å². The monoisotopic (exact) mass is 245 g/mol. The molecule has 0 aliphatic rings. The van der Waals surface area contributed by atoms with Gasteiger partial charge in [-0.3, -0.25) is 0 Å². The molecule has 0 bridgehead atoms.